The van der Waals surface area contributed by atoms with Gasteiger partial charge in [-0.2, -0.15) is 0 Å². The van der Waals surface area contributed by atoms with Gasteiger partial charge >= 0.3 is 0 Å². The van der Waals surface area contributed by atoms with Gasteiger partial charge in [0.2, 0.25) is 0 Å². The standard InChI is InChI=1S/C5H11Cl.C5H9N/c1-2-3-4-5-6;1-3-6-4-2-5(1)6/h2-5H2,1H3;5H,1-4H2. The summed E-state index contributed by atoms with van der Waals surface area (Å²) >= 11 is 5.38. The van der Waals surface area contributed by atoms with E-state index in [1.807, 2.05) is 0 Å². The first-order valence-corrected chi connectivity index (χ1v) is 5.72. The van der Waals surface area contributed by atoms with E-state index < -0.39 is 0 Å². The first-order chi connectivity index (χ1) is 5.88. The van der Waals surface area contributed by atoms with E-state index in [2.05, 4.69) is 11.8 Å². The summed E-state index contributed by atoms with van der Waals surface area (Å²) in [5.41, 5.74) is 0. The molecule has 0 aromatic carbocycles. The van der Waals surface area contributed by atoms with Crippen LogP contribution in [0.5, 0.6) is 0 Å². The van der Waals surface area contributed by atoms with Crippen LogP contribution in [0.1, 0.15) is 39.0 Å². The maximum absolute atomic E-state index is 5.38. The lowest BCUT2D eigenvalue weighted by Crippen LogP contribution is -2.57. The van der Waals surface area contributed by atoms with Crippen LogP contribution < -0.4 is 0 Å². The quantitative estimate of drug-likeness (QED) is 0.488. The van der Waals surface area contributed by atoms with E-state index in [9.17, 15) is 0 Å². The van der Waals surface area contributed by atoms with Crippen molar-refractivity contribution in [1.29, 1.82) is 0 Å². The molecular formula is C10H20ClN. The van der Waals surface area contributed by atoms with Crippen LogP contribution in [0.4, 0.5) is 0 Å². The van der Waals surface area contributed by atoms with Crippen LogP contribution in [0.2, 0.25) is 0 Å². The van der Waals surface area contributed by atoms with Crippen molar-refractivity contribution in [2.75, 3.05) is 19.0 Å². The Balaban J connectivity index is 0.000000120. The number of hydrogen-bond donors (Lipinski definition) is 0. The fraction of sp³-hybridized carbons (Fsp3) is 1.00. The molecule has 0 aromatic heterocycles. The molecule has 2 aliphatic heterocycles. The molecule has 0 aromatic rings. The Labute approximate surface area is 81.1 Å². The zero-order valence-electron chi connectivity index (χ0n) is 8.06. The van der Waals surface area contributed by atoms with E-state index in [1.165, 1.54) is 45.2 Å². The van der Waals surface area contributed by atoms with Crippen LogP contribution in [0, 0.1) is 0 Å². The highest BCUT2D eigenvalue weighted by molar-refractivity contribution is 6.17. The average Bonchev–Trinajstić information content (AvgIpc) is 2.09. The van der Waals surface area contributed by atoms with Crippen LogP contribution in [-0.2, 0) is 0 Å². The molecule has 0 saturated carbocycles. The smallest absolute Gasteiger partial charge is 0.0223 e. The van der Waals surface area contributed by atoms with Crippen molar-refractivity contribution < 1.29 is 0 Å². The fourth-order valence-electron chi connectivity index (χ4n) is 1.59. The molecule has 0 amide bonds. The van der Waals surface area contributed by atoms with Gasteiger partial charge in [0, 0.05) is 11.9 Å². The van der Waals surface area contributed by atoms with Crippen LogP contribution in [0.25, 0.3) is 0 Å². The van der Waals surface area contributed by atoms with Crippen molar-refractivity contribution in [3.05, 3.63) is 0 Å². The molecule has 0 N–H and O–H groups in total. The van der Waals surface area contributed by atoms with E-state index in [1.54, 1.807) is 0 Å². The van der Waals surface area contributed by atoms with Gasteiger partial charge in [-0.1, -0.05) is 19.8 Å². The van der Waals surface area contributed by atoms with E-state index in [0.29, 0.717) is 0 Å². The minimum atomic E-state index is 0.827. The molecule has 0 aliphatic carbocycles. The third kappa shape index (κ3) is 2.95. The minimum Gasteiger partial charge on any atom is -0.300 e. The average molecular weight is 190 g/mol. The summed E-state index contributed by atoms with van der Waals surface area (Å²) in [5.74, 6) is 0.827. The monoisotopic (exact) mass is 189 g/mol. The molecule has 2 heteroatoms. The Hall–Kier alpha value is 0.250. The van der Waals surface area contributed by atoms with Crippen molar-refractivity contribution in [2.24, 2.45) is 0 Å². The van der Waals surface area contributed by atoms with E-state index >= 15 is 0 Å². The molecule has 0 spiro atoms. The zero-order chi connectivity index (χ0) is 8.81. The van der Waals surface area contributed by atoms with Gasteiger partial charge < -0.3 is 4.90 Å². The molecule has 0 unspecified atom stereocenters. The first kappa shape index (κ1) is 10.3. The van der Waals surface area contributed by atoms with Crippen LogP contribution in [-0.4, -0.2) is 29.9 Å². The summed E-state index contributed by atoms with van der Waals surface area (Å²) in [6, 6.07) is 1.05. The van der Waals surface area contributed by atoms with Crippen molar-refractivity contribution in [3.63, 3.8) is 0 Å². The van der Waals surface area contributed by atoms with Crippen molar-refractivity contribution in [3.8, 4) is 0 Å². The molecule has 2 heterocycles. The van der Waals surface area contributed by atoms with Gasteiger partial charge in [0.25, 0.3) is 0 Å². The van der Waals surface area contributed by atoms with E-state index in [4.69, 9.17) is 11.6 Å². The van der Waals surface area contributed by atoms with Crippen molar-refractivity contribution in [2.45, 2.75) is 45.1 Å². The number of unbranched alkanes of at least 4 members (excludes halogenated alkanes) is 2. The third-order valence-corrected chi connectivity index (χ3v) is 3.02. The van der Waals surface area contributed by atoms with Crippen molar-refractivity contribution >= 4 is 11.6 Å². The van der Waals surface area contributed by atoms with Gasteiger partial charge in [0.1, 0.15) is 0 Å². The van der Waals surface area contributed by atoms with Crippen LogP contribution in [0.15, 0.2) is 0 Å². The molecule has 2 saturated heterocycles. The van der Waals surface area contributed by atoms with Crippen LogP contribution in [0.3, 0.4) is 0 Å². The van der Waals surface area contributed by atoms with Gasteiger partial charge in [0.05, 0.1) is 0 Å². The zero-order valence-corrected chi connectivity index (χ0v) is 8.82. The number of hydrogen-bond acceptors (Lipinski definition) is 1. The molecule has 12 heavy (non-hydrogen) atoms. The minimum absolute atomic E-state index is 0.827. The van der Waals surface area contributed by atoms with Gasteiger partial charge in [-0.15, -0.1) is 11.6 Å². The predicted octanol–water partition coefficient (Wildman–Crippen LogP) is 2.88. The molecule has 0 radical (unpaired) electrons. The second kappa shape index (κ2) is 5.82. The third-order valence-electron chi connectivity index (χ3n) is 2.75. The van der Waals surface area contributed by atoms with Gasteiger partial charge in [-0.25, -0.2) is 0 Å². The predicted molar refractivity (Wildman–Crippen MR) is 54.8 cm³/mol. The molecule has 0 atom stereocenters. The van der Waals surface area contributed by atoms with Gasteiger partial charge in [0.15, 0.2) is 0 Å². The highest BCUT2D eigenvalue weighted by Crippen LogP contribution is 2.28. The molecule has 2 fully saturated rings. The Morgan fingerprint density at radius 3 is 1.92 bits per heavy atom. The first-order valence-electron chi connectivity index (χ1n) is 5.18. The SMILES string of the molecule is C1CN2CCC12.CCCCCCl. The number of alkyl halides is 1. The molecule has 0 bridgehead atoms. The molecule has 1 nitrogen and oxygen atoms in total. The summed E-state index contributed by atoms with van der Waals surface area (Å²) < 4.78 is 0. The van der Waals surface area contributed by atoms with Crippen molar-refractivity contribution in [1.82, 2.24) is 4.90 Å². The summed E-state index contributed by atoms with van der Waals surface area (Å²) in [6.45, 7) is 4.96. The number of fused-ring (bicyclic) bond motifs is 1. The lowest BCUT2D eigenvalue weighted by Gasteiger charge is -2.50. The highest BCUT2D eigenvalue weighted by Gasteiger charge is 2.34. The number of nitrogens with zero attached hydrogens (tertiary/aromatic N) is 1. The molecule has 72 valence electrons. The van der Waals surface area contributed by atoms with Crippen LogP contribution >= 0.6 is 11.6 Å². The number of rotatable bonds is 3. The lowest BCUT2D eigenvalue weighted by atomic mass is 9.91. The molecule has 2 aliphatic rings. The van der Waals surface area contributed by atoms with E-state index in [-0.39, 0.29) is 0 Å². The second-order valence-electron chi connectivity index (χ2n) is 3.66. The Morgan fingerprint density at radius 1 is 1.25 bits per heavy atom. The summed E-state index contributed by atoms with van der Waals surface area (Å²) in [7, 11) is 0. The highest BCUT2D eigenvalue weighted by atomic mass is 35.5. The maximum atomic E-state index is 5.38. The number of piperidine rings is 1. The fourth-order valence-corrected chi connectivity index (χ4v) is 1.78. The Kier molecular flexibility index (Phi) is 5.01. The maximum Gasteiger partial charge on any atom is 0.0223 e. The normalized spacial score (nSPS) is 21.5. The summed E-state index contributed by atoms with van der Waals surface area (Å²) in [5, 5.41) is 0. The molecule has 2 rings (SSSR count). The largest absolute Gasteiger partial charge is 0.300 e. The Morgan fingerprint density at radius 2 is 1.83 bits per heavy atom. The number of halogens is 1. The topological polar surface area (TPSA) is 3.24 Å². The second-order valence-corrected chi connectivity index (χ2v) is 4.04. The summed E-state index contributed by atoms with van der Waals surface area (Å²) in [6.07, 6.45) is 6.70. The lowest BCUT2D eigenvalue weighted by molar-refractivity contribution is -0.00222. The van der Waals surface area contributed by atoms with E-state index in [0.717, 1.165) is 11.9 Å². The van der Waals surface area contributed by atoms with Gasteiger partial charge in [-0.3, -0.25) is 0 Å². The molecular weight excluding hydrogens is 170 g/mol. The Bertz CT molecular complexity index is 94.4. The van der Waals surface area contributed by atoms with Gasteiger partial charge in [-0.05, 0) is 32.4 Å². The summed E-state index contributed by atoms with van der Waals surface area (Å²) in [4.78, 5) is 2.53.